The third-order valence-corrected chi connectivity index (χ3v) is 3.07. The summed E-state index contributed by atoms with van der Waals surface area (Å²) >= 11 is 0. The average Bonchev–Trinajstić information content (AvgIpc) is 2.98. The van der Waals surface area contributed by atoms with Gasteiger partial charge in [-0.1, -0.05) is 0 Å². The monoisotopic (exact) mass is 227 g/mol. The Hall–Kier alpha value is -1.23. The van der Waals surface area contributed by atoms with Gasteiger partial charge in [0.15, 0.2) is 11.6 Å². The SMILES string of the molecule is NCCC1(CNc2ncc(F)cc2F)CC1. The molecule has 3 nitrogen and oxygen atoms in total. The van der Waals surface area contributed by atoms with E-state index in [0.717, 1.165) is 31.5 Å². The third kappa shape index (κ3) is 2.47. The molecule has 0 saturated heterocycles. The van der Waals surface area contributed by atoms with Gasteiger partial charge in [-0.15, -0.1) is 0 Å². The highest BCUT2D eigenvalue weighted by atomic mass is 19.1. The Bertz CT molecular complexity index is 377. The highest BCUT2D eigenvalue weighted by Crippen LogP contribution is 2.48. The lowest BCUT2D eigenvalue weighted by Gasteiger charge is -2.15. The molecule has 88 valence electrons. The van der Waals surface area contributed by atoms with Crippen molar-refractivity contribution in [2.45, 2.75) is 19.3 Å². The maximum atomic E-state index is 13.2. The van der Waals surface area contributed by atoms with Gasteiger partial charge < -0.3 is 11.1 Å². The molecule has 0 aromatic carbocycles. The largest absolute Gasteiger partial charge is 0.367 e. The second-order valence-corrected chi connectivity index (χ2v) is 4.38. The van der Waals surface area contributed by atoms with E-state index in [9.17, 15) is 8.78 Å². The van der Waals surface area contributed by atoms with Crippen molar-refractivity contribution in [2.24, 2.45) is 11.1 Å². The van der Waals surface area contributed by atoms with Crippen molar-refractivity contribution in [3.05, 3.63) is 23.9 Å². The van der Waals surface area contributed by atoms with Crippen LogP contribution in [0, 0.1) is 17.0 Å². The number of nitrogens with two attached hydrogens (primary N) is 1. The first kappa shape index (κ1) is 11.3. The molecule has 0 unspecified atom stereocenters. The molecule has 0 radical (unpaired) electrons. The summed E-state index contributed by atoms with van der Waals surface area (Å²) in [6, 6.07) is 0.831. The average molecular weight is 227 g/mol. The summed E-state index contributed by atoms with van der Waals surface area (Å²) in [5.41, 5.74) is 5.71. The topological polar surface area (TPSA) is 50.9 Å². The molecule has 1 saturated carbocycles. The van der Waals surface area contributed by atoms with E-state index in [1.54, 1.807) is 0 Å². The molecule has 3 N–H and O–H groups in total. The molecule has 1 heterocycles. The molecule has 5 heteroatoms. The molecule has 1 fully saturated rings. The number of pyridine rings is 1. The van der Waals surface area contributed by atoms with Gasteiger partial charge in [-0.05, 0) is 31.2 Å². The second-order valence-electron chi connectivity index (χ2n) is 4.38. The van der Waals surface area contributed by atoms with Crippen molar-refractivity contribution in [1.82, 2.24) is 4.98 Å². The normalized spacial score (nSPS) is 17.2. The lowest BCUT2D eigenvalue weighted by molar-refractivity contribution is 0.497. The Labute approximate surface area is 93.1 Å². The molecule has 1 aromatic heterocycles. The molecule has 0 bridgehead atoms. The summed E-state index contributed by atoms with van der Waals surface area (Å²) in [6.45, 7) is 1.29. The van der Waals surface area contributed by atoms with E-state index in [0.29, 0.717) is 13.1 Å². The molecular weight excluding hydrogens is 212 g/mol. The molecule has 0 aliphatic heterocycles. The van der Waals surface area contributed by atoms with Crippen LogP contribution in [0.25, 0.3) is 0 Å². The van der Waals surface area contributed by atoms with Crippen LogP contribution in [0.1, 0.15) is 19.3 Å². The fraction of sp³-hybridized carbons (Fsp3) is 0.545. The number of nitrogens with zero attached hydrogens (tertiary/aromatic N) is 1. The maximum absolute atomic E-state index is 13.2. The van der Waals surface area contributed by atoms with Crippen molar-refractivity contribution in [1.29, 1.82) is 0 Å². The zero-order chi connectivity index (χ0) is 11.6. The summed E-state index contributed by atoms with van der Waals surface area (Å²) in [6.07, 6.45) is 4.16. The van der Waals surface area contributed by atoms with E-state index in [-0.39, 0.29) is 11.2 Å². The van der Waals surface area contributed by atoms with Gasteiger partial charge in [-0.3, -0.25) is 0 Å². The van der Waals surface area contributed by atoms with E-state index in [4.69, 9.17) is 5.73 Å². The predicted molar refractivity (Wildman–Crippen MR) is 58.0 cm³/mol. The number of halogens is 2. The van der Waals surface area contributed by atoms with Gasteiger partial charge in [0, 0.05) is 12.6 Å². The van der Waals surface area contributed by atoms with Gasteiger partial charge in [0.05, 0.1) is 6.20 Å². The number of aromatic nitrogens is 1. The highest BCUT2D eigenvalue weighted by Gasteiger charge is 2.41. The van der Waals surface area contributed by atoms with Crippen LogP contribution in [-0.4, -0.2) is 18.1 Å². The Morgan fingerprint density at radius 1 is 1.44 bits per heavy atom. The number of nitrogens with one attached hydrogen (secondary N) is 1. The summed E-state index contributed by atoms with van der Waals surface area (Å²) in [4.78, 5) is 3.68. The maximum Gasteiger partial charge on any atom is 0.168 e. The van der Waals surface area contributed by atoms with Crippen LogP contribution < -0.4 is 11.1 Å². The molecule has 1 aromatic rings. The quantitative estimate of drug-likeness (QED) is 0.807. The summed E-state index contributed by atoms with van der Waals surface area (Å²) in [5.74, 6) is -1.20. The van der Waals surface area contributed by atoms with Gasteiger partial charge >= 0.3 is 0 Å². The van der Waals surface area contributed by atoms with E-state index < -0.39 is 11.6 Å². The molecule has 0 amide bonds. The van der Waals surface area contributed by atoms with Crippen molar-refractivity contribution >= 4 is 5.82 Å². The number of hydrogen-bond acceptors (Lipinski definition) is 3. The standard InChI is InChI=1S/C11H15F2N3/c12-8-5-9(13)10(15-6-8)16-7-11(1-2-11)3-4-14/h5-6H,1-4,7,14H2,(H,15,16). The van der Waals surface area contributed by atoms with Gasteiger partial charge in [0.25, 0.3) is 0 Å². The molecule has 1 aliphatic carbocycles. The van der Waals surface area contributed by atoms with Crippen LogP contribution in [-0.2, 0) is 0 Å². The predicted octanol–water partition coefficient (Wildman–Crippen LogP) is 1.90. The molecule has 1 aliphatic rings. The van der Waals surface area contributed by atoms with Crippen LogP contribution in [0.5, 0.6) is 0 Å². The first-order chi connectivity index (χ1) is 7.65. The van der Waals surface area contributed by atoms with Gasteiger partial charge in [0.1, 0.15) is 5.82 Å². The minimum atomic E-state index is -0.661. The fourth-order valence-corrected chi connectivity index (χ4v) is 1.81. The van der Waals surface area contributed by atoms with Crippen LogP contribution in [0.15, 0.2) is 12.3 Å². The second kappa shape index (κ2) is 4.33. The van der Waals surface area contributed by atoms with E-state index >= 15 is 0 Å². The number of hydrogen-bond donors (Lipinski definition) is 2. The molecule has 16 heavy (non-hydrogen) atoms. The van der Waals surface area contributed by atoms with Crippen molar-refractivity contribution < 1.29 is 8.78 Å². The van der Waals surface area contributed by atoms with Crippen molar-refractivity contribution in [3.8, 4) is 0 Å². The Morgan fingerprint density at radius 3 is 2.75 bits per heavy atom. The minimum absolute atomic E-state index is 0.115. The van der Waals surface area contributed by atoms with E-state index in [1.807, 2.05) is 0 Å². The van der Waals surface area contributed by atoms with E-state index in [2.05, 4.69) is 10.3 Å². The van der Waals surface area contributed by atoms with Crippen LogP contribution in [0.2, 0.25) is 0 Å². The van der Waals surface area contributed by atoms with Crippen LogP contribution in [0.3, 0.4) is 0 Å². The Kier molecular flexibility index (Phi) is 3.05. The third-order valence-electron chi connectivity index (χ3n) is 3.07. The zero-order valence-electron chi connectivity index (χ0n) is 8.97. The Morgan fingerprint density at radius 2 is 2.19 bits per heavy atom. The van der Waals surface area contributed by atoms with Gasteiger partial charge in [-0.2, -0.15) is 0 Å². The van der Waals surface area contributed by atoms with Gasteiger partial charge in [-0.25, -0.2) is 13.8 Å². The van der Waals surface area contributed by atoms with Crippen LogP contribution in [0.4, 0.5) is 14.6 Å². The number of anilines is 1. The molecule has 2 rings (SSSR count). The summed E-state index contributed by atoms with van der Waals surface area (Å²) < 4.78 is 25.9. The first-order valence-electron chi connectivity index (χ1n) is 5.40. The lowest BCUT2D eigenvalue weighted by atomic mass is 10.0. The first-order valence-corrected chi connectivity index (χ1v) is 5.40. The van der Waals surface area contributed by atoms with Crippen LogP contribution >= 0.6 is 0 Å². The summed E-state index contributed by atoms with van der Waals surface area (Å²) in [7, 11) is 0. The van der Waals surface area contributed by atoms with Crippen molar-refractivity contribution in [2.75, 3.05) is 18.4 Å². The lowest BCUT2D eigenvalue weighted by Crippen LogP contribution is -2.20. The Balaban J connectivity index is 1.94. The van der Waals surface area contributed by atoms with Gasteiger partial charge in [0.2, 0.25) is 0 Å². The fourth-order valence-electron chi connectivity index (χ4n) is 1.81. The number of rotatable bonds is 5. The molecule has 0 atom stereocenters. The smallest absolute Gasteiger partial charge is 0.168 e. The molecule has 0 spiro atoms. The summed E-state index contributed by atoms with van der Waals surface area (Å²) in [5, 5.41) is 2.92. The molecular formula is C11H15F2N3. The minimum Gasteiger partial charge on any atom is -0.367 e. The van der Waals surface area contributed by atoms with Crippen molar-refractivity contribution in [3.63, 3.8) is 0 Å². The van der Waals surface area contributed by atoms with E-state index in [1.165, 1.54) is 0 Å². The highest BCUT2D eigenvalue weighted by molar-refractivity contribution is 5.36. The zero-order valence-corrected chi connectivity index (χ0v) is 8.97.